The summed E-state index contributed by atoms with van der Waals surface area (Å²) < 4.78 is 1.91. The fourth-order valence-corrected chi connectivity index (χ4v) is 2.73. The molecule has 3 N–H and O–H groups in total. The van der Waals surface area contributed by atoms with Gasteiger partial charge in [0, 0.05) is 25.6 Å². The molecule has 0 bridgehead atoms. The molecule has 0 spiro atoms. The first-order chi connectivity index (χ1) is 9.84. The molecule has 1 aliphatic heterocycles. The molecule has 22 heavy (non-hydrogen) atoms. The Bertz CT molecular complexity index is 510. The van der Waals surface area contributed by atoms with Crippen molar-refractivity contribution in [3.63, 3.8) is 0 Å². The third-order valence-electron chi connectivity index (χ3n) is 3.91. The fourth-order valence-electron chi connectivity index (χ4n) is 2.73. The first kappa shape index (κ1) is 18.9. The average molecular weight is 331 g/mol. The van der Waals surface area contributed by atoms with E-state index in [0.717, 1.165) is 18.7 Å². The van der Waals surface area contributed by atoms with Gasteiger partial charge >= 0.3 is 0 Å². The van der Waals surface area contributed by atoms with E-state index in [1.165, 1.54) is 0 Å². The molecule has 1 aromatic heterocycles. The summed E-state index contributed by atoms with van der Waals surface area (Å²) >= 11 is 0. The maximum atomic E-state index is 12.4. The van der Waals surface area contributed by atoms with Crippen molar-refractivity contribution in [2.24, 2.45) is 5.92 Å². The molecule has 1 saturated heterocycles. The summed E-state index contributed by atoms with van der Waals surface area (Å²) in [6.07, 6.45) is 2.02. The first-order valence-electron chi connectivity index (χ1n) is 7.59. The first-order valence-corrected chi connectivity index (χ1v) is 7.59. The van der Waals surface area contributed by atoms with E-state index in [4.69, 9.17) is 0 Å². The molecule has 2 rings (SSSR count). The topological polar surface area (TPSA) is 79.2 Å². The highest BCUT2D eigenvalue weighted by Gasteiger charge is 2.27. The van der Waals surface area contributed by atoms with Crippen molar-refractivity contribution in [3.05, 3.63) is 17.5 Å². The van der Waals surface area contributed by atoms with E-state index in [0.29, 0.717) is 18.7 Å². The zero-order chi connectivity index (χ0) is 15.6. The second kappa shape index (κ2) is 7.44. The number of nitrogens with zero attached hydrogens (tertiary/aromatic N) is 2. The molecule has 7 heteroatoms. The molecule has 1 amide bonds. The van der Waals surface area contributed by atoms with Crippen LogP contribution in [0, 0.1) is 5.92 Å². The standard InChI is InChI=1S/C15H26N4O2.ClH/c1-5-12-11(8-18-19(12)15(2,3)4)14(21)17-7-10-6-16-9-13(10)20;/h8,10,13,16,20H,5-7,9H2,1-4H3,(H,17,21);1H. The number of carbonyl (C=O) groups is 1. The zero-order valence-corrected chi connectivity index (χ0v) is 14.5. The van der Waals surface area contributed by atoms with Crippen molar-refractivity contribution in [2.45, 2.75) is 45.8 Å². The zero-order valence-electron chi connectivity index (χ0n) is 13.7. The highest BCUT2D eigenvalue weighted by atomic mass is 35.5. The minimum Gasteiger partial charge on any atom is -0.391 e. The number of halogens is 1. The van der Waals surface area contributed by atoms with Gasteiger partial charge in [-0.1, -0.05) is 6.92 Å². The Morgan fingerprint density at radius 1 is 1.50 bits per heavy atom. The average Bonchev–Trinajstić information content (AvgIpc) is 3.01. The van der Waals surface area contributed by atoms with Crippen LogP contribution in [0.15, 0.2) is 6.20 Å². The van der Waals surface area contributed by atoms with Gasteiger partial charge in [0.05, 0.1) is 29.1 Å². The lowest BCUT2D eigenvalue weighted by molar-refractivity contribution is 0.0926. The molecule has 2 unspecified atom stereocenters. The normalized spacial score (nSPS) is 21.5. The highest BCUT2D eigenvalue weighted by Crippen LogP contribution is 2.19. The van der Waals surface area contributed by atoms with Crippen LogP contribution in [0.2, 0.25) is 0 Å². The van der Waals surface area contributed by atoms with Crippen molar-refractivity contribution in [1.82, 2.24) is 20.4 Å². The predicted octanol–water partition coefficient (Wildman–Crippen LogP) is 0.932. The number of amides is 1. The van der Waals surface area contributed by atoms with Crippen LogP contribution in [0.3, 0.4) is 0 Å². The second-order valence-electron chi connectivity index (χ2n) is 6.64. The molecular formula is C15H27ClN4O2. The molecule has 0 aromatic carbocycles. The lowest BCUT2D eigenvalue weighted by Gasteiger charge is -2.22. The molecule has 2 heterocycles. The Labute approximate surface area is 138 Å². The summed E-state index contributed by atoms with van der Waals surface area (Å²) in [5.74, 6) is -0.0295. The van der Waals surface area contributed by atoms with Gasteiger partial charge in [0.1, 0.15) is 0 Å². The summed E-state index contributed by atoms with van der Waals surface area (Å²) in [5, 5.41) is 20.2. The maximum Gasteiger partial charge on any atom is 0.254 e. The van der Waals surface area contributed by atoms with E-state index in [1.54, 1.807) is 6.20 Å². The van der Waals surface area contributed by atoms with Crippen LogP contribution in [-0.2, 0) is 12.0 Å². The van der Waals surface area contributed by atoms with Crippen molar-refractivity contribution in [3.8, 4) is 0 Å². The number of nitrogens with one attached hydrogen (secondary N) is 2. The number of β-amino-alcohol motifs (C(OH)–C–C–N with tert-alkyl or cyclic N) is 1. The van der Waals surface area contributed by atoms with Gasteiger partial charge in [-0.2, -0.15) is 5.10 Å². The van der Waals surface area contributed by atoms with Gasteiger partial charge in [-0.15, -0.1) is 12.4 Å². The summed E-state index contributed by atoms with van der Waals surface area (Å²) in [5.41, 5.74) is 1.44. The van der Waals surface area contributed by atoms with Crippen LogP contribution < -0.4 is 10.6 Å². The third kappa shape index (κ3) is 4.00. The fraction of sp³-hybridized carbons (Fsp3) is 0.733. The largest absolute Gasteiger partial charge is 0.391 e. The van der Waals surface area contributed by atoms with Crippen LogP contribution in [0.4, 0.5) is 0 Å². The Kier molecular flexibility index (Phi) is 6.40. The number of rotatable bonds is 4. The van der Waals surface area contributed by atoms with Gasteiger partial charge in [0.2, 0.25) is 0 Å². The molecule has 1 fully saturated rings. The summed E-state index contributed by atoms with van der Waals surface area (Å²) in [6.45, 7) is 10.1. The Morgan fingerprint density at radius 3 is 2.68 bits per heavy atom. The quantitative estimate of drug-likeness (QED) is 0.767. The van der Waals surface area contributed by atoms with Gasteiger partial charge in [-0.25, -0.2) is 0 Å². The van der Waals surface area contributed by atoms with Crippen molar-refractivity contribution in [1.29, 1.82) is 0 Å². The summed E-state index contributed by atoms with van der Waals surface area (Å²) in [7, 11) is 0. The van der Waals surface area contributed by atoms with E-state index in [-0.39, 0.29) is 35.9 Å². The molecule has 0 aliphatic carbocycles. The van der Waals surface area contributed by atoms with Gasteiger partial charge < -0.3 is 15.7 Å². The Morgan fingerprint density at radius 2 is 2.18 bits per heavy atom. The lowest BCUT2D eigenvalue weighted by atomic mass is 10.1. The van der Waals surface area contributed by atoms with Gasteiger partial charge in [0.25, 0.3) is 5.91 Å². The summed E-state index contributed by atoms with van der Waals surface area (Å²) in [6, 6.07) is 0. The molecule has 0 saturated carbocycles. The highest BCUT2D eigenvalue weighted by molar-refractivity contribution is 5.95. The predicted molar refractivity (Wildman–Crippen MR) is 88.5 cm³/mol. The van der Waals surface area contributed by atoms with E-state index in [9.17, 15) is 9.90 Å². The van der Waals surface area contributed by atoms with Crippen LogP contribution in [0.5, 0.6) is 0 Å². The molecule has 2 atom stereocenters. The van der Waals surface area contributed by atoms with Crippen LogP contribution in [0.1, 0.15) is 43.7 Å². The Balaban J connectivity index is 0.00000242. The van der Waals surface area contributed by atoms with Crippen molar-refractivity contribution in [2.75, 3.05) is 19.6 Å². The van der Waals surface area contributed by atoms with Crippen LogP contribution in [0.25, 0.3) is 0 Å². The molecule has 1 aliphatic rings. The van der Waals surface area contributed by atoms with E-state index in [1.807, 2.05) is 11.6 Å². The Hall–Kier alpha value is -1.11. The lowest BCUT2D eigenvalue weighted by Crippen LogP contribution is -2.35. The van der Waals surface area contributed by atoms with Crippen molar-refractivity contribution >= 4 is 18.3 Å². The third-order valence-corrected chi connectivity index (χ3v) is 3.91. The number of aliphatic hydroxyl groups excluding tert-OH is 1. The van der Waals surface area contributed by atoms with E-state index in [2.05, 4.69) is 36.5 Å². The van der Waals surface area contributed by atoms with Gasteiger partial charge in [-0.05, 0) is 27.2 Å². The molecule has 0 radical (unpaired) electrons. The van der Waals surface area contributed by atoms with E-state index >= 15 is 0 Å². The van der Waals surface area contributed by atoms with Gasteiger partial charge in [-0.3, -0.25) is 9.48 Å². The molecule has 1 aromatic rings. The number of hydrogen-bond acceptors (Lipinski definition) is 4. The SMILES string of the molecule is CCc1c(C(=O)NCC2CNCC2O)cnn1C(C)(C)C.Cl. The second-order valence-corrected chi connectivity index (χ2v) is 6.64. The van der Waals surface area contributed by atoms with Crippen LogP contribution >= 0.6 is 12.4 Å². The minimum absolute atomic E-state index is 0. The molecular weight excluding hydrogens is 304 g/mol. The smallest absolute Gasteiger partial charge is 0.254 e. The monoisotopic (exact) mass is 330 g/mol. The number of hydrogen-bond donors (Lipinski definition) is 3. The molecule has 6 nitrogen and oxygen atoms in total. The van der Waals surface area contributed by atoms with Crippen molar-refractivity contribution < 1.29 is 9.90 Å². The number of aliphatic hydroxyl groups is 1. The number of aromatic nitrogens is 2. The maximum absolute atomic E-state index is 12.4. The van der Waals surface area contributed by atoms with Gasteiger partial charge in [0.15, 0.2) is 0 Å². The number of carbonyl (C=O) groups excluding carboxylic acids is 1. The molecule has 126 valence electrons. The minimum atomic E-state index is -0.381. The summed E-state index contributed by atoms with van der Waals surface area (Å²) in [4.78, 5) is 12.4. The van der Waals surface area contributed by atoms with Crippen LogP contribution in [-0.4, -0.2) is 46.5 Å². The van der Waals surface area contributed by atoms with E-state index < -0.39 is 0 Å².